The molecule has 0 saturated carbocycles. The third-order valence-corrected chi connectivity index (χ3v) is 7.13. The van der Waals surface area contributed by atoms with Gasteiger partial charge in [-0.2, -0.15) is 4.31 Å². The van der Waals surface area contributed by atoms with Gasteiger partial charge in [0.1, 0.15) is 18.0 Å². The van der Waals surface area contributed by atoms with E-state index in [0.29, 0.717) is 18.0 Å². The molecule has 1 saturated heterocycles. The van der Waals surface area contributed by atoms with Crippen molar-refractivity contribution in [3.63, 3.8) is 0 Å². The molecular weight excluding hydrogens is 422 g/mol. The first-order valence-electron chi connectivity index (χ1n) is 10.2. The average Bonchev–Trinajstić information content (AvgIpc) is 3.27. The zero-order chi connectivity index (χ0) is 22.4. The van der Waals surface area contributed by atoms with Gasteiger partial charge in [-0.1, -0.05) is 19.9 Å². The number of nitrogens with zero attached hydrogens (tertiary/aromatic N) is 2. The smallest absolute Gasteiger partial charge is 0.294 e. The van der Waals surface area contributed by atoms with Crippen LogP contribution in [0, 0.1) is 10.1 Å². The molecule has 0 aromatic heterocycles. The zero-order valence-corrected chi connectivity index (χ0v) is 18.4. The van der Waals surface area contributed by atoms with Crippen LogP contribution in [0.4, 0.5) is 17.1 Å². The van der Waals surface area contributed by atoms with Gasteiger partial charge in [-0.3, -0.25) is 10.1 Å². The summed E-state index contributed by atoms with van der Waals surface area (Å²) in [5.41, 5.74) is 0.464. The van der Waals surface area contributed by atoms with Crippen LogP contribution in [0.2, 0.25) is 0 Å². The molecule has 9 nitrogen and oxygen atoms in total. The van der Waals surface area contributed by atoms with Crippen LogP contribution in [0.5, 0.6) is 5.75 Å². The summed E-state index contributed by atoms with van der Waals surface area (Å²) in [6.07, 6.45) is 2.07. The number of sulfonamides is 1. The fraction of sp³-hybridized carbons (Fsp3) is 0.429. The lowest BCUT2D eigenvalue weighted by atomic mass is 10.2. The van der Waals surface area contributed by atoms with Crippen molar-refractivity contribution in [2.75, 3.05) is 31.6 Å². The van der Waals surface area contributed by atoms with Gasteiger partial charge in [-0.15, -0.1) is 0 Å². The molecular formula is C21H27N3O6S. The van der Waals surface area contributed by atoms with Crippen LogP contribution >= 0.6 is 0 Å². The zero-order valence-electron chi connectivity index (χ0n) is 17.6. The van der Waals surface area contributed by atoms with Crippen molar-refractivity contribution in [3.8, 4) is 5.75 Å². The number of hydrogen-bond donors (Lipinski definition) is 1. The maximum atomic E-state index is 12.7. The topological polar surface area (TPSA) is 111 Å². The molecule has 10 heteroatoms. The molecule has 2 aromatic rings. The third-order valence-electron chi connectivity index (χ3n) is 5.08. The highest BCUT2D eigenvalue weighted by Gasteiger charge is 2.26. The molecule has 1 fully saturated rings. The van der Waals surface area contributed by atoms with E-state index in [1.165, 1.54) is 16.4 Å². The highest BCUT2D eigenvalue weighted by atomic mass is 32.2. The van der Waals surface area contributed by atoms with Gasteiger partial charge in [0, 0.05) is 37.5 Å². The molecule has 1 aliphatic heterocycles. The number of benzene rings is 2. The van der Waals surface area contributed by atoms with Crippen LogP contribution in [-0.2, 0) is 14.8 Å². The van der Waals surface area contributed by atoms with Crippen molar-refractivity contribution in [1.82, 2.24) is 4.31 Å². The lowest BCUT2D eigenvalue weighted by Gasteiger charge is -2.18. The Labute approximate surface area is 182 Å². The summed E-state index contributed by atoms with van der Waals surface area (Å²) in [6.45, 7) is 5.20. The summed E-state index contributed by atoms with van der Waals surface area (Å²) < 4.78 is 38.0. The van der Waals surface area contributed by atoms with Crippen LogP contribution < -0.4 is 10.1 Å². The van der Waals surface area contributed by atoms with E-state index in [1.54, 1.807) is 38.1 Å². The average molecular weight is 450 g/mol. The summed E-state index contributed by atoms with van der Waals surface area (Å²) in [6, 6.07) is 10.9. The van der Waals surface area contributed by atoms with E-state index in [2.05, 4.69) is 5.32 Å². The Kier molecular flexibility index (Phi) is 7.47. The molecule has 0 bridgehead atoms. The minimum absolute atomic E-state index is 0.0815. The van der Waals surface area contributed by atoms with E-state index in [4.69, 9.17) is 9.47 Å². The lowest BCUT2D eigenvalue weighted by molar-refractivity contribution is -0.384. The van der Waals surface area contributed by atoms with Gasteiger partial charge >= 0.3 is 0 Å². The summed E-state index contributed by atoms with van der Waals surface area (Å²) in [4.78, 5) is 10.9. The van der Waals surface area contributed by atoms with Gasteiger partial charge in [0.25, 0.3) is 5.69 Å². The molecule has 0 radical (unpaired) electrons. The van der Waals surface area contributed by atoms with Gasteiger partial charge in [-0.05, 0) is 37.1 Å². The molecule has 1 heterocycles. The van der Waals surface area contributed by atoms with Crippen molar-refractivity contribution in [3.05, 3.63) is 52.6 Å². The Balaban J connectivity index is 1.81. The third kappa shape index (κ3) is 5.52. The summed E-state index contributed by atoms with van der Waals surface area (Å²) in [5.74, 6) is 0.615. The largest absolute Gasteiger partial charge is 0.491 e. The van der Waals surface area contributed by atoms with E-state index in [1.807, 2.05) is 0 Å². The van der Waals surface area contributed by atoms with Crippen LogP contribution in [-0.4, -0.2) is 50.1 Å². The van der Waals surface area contributed by atoms with E-state index in [0.717, 1.165) is 25.5 Å². The fourth-order valence-electron chi connectivity index (χ4n) is 3.43. The summed E-state index contributed by atoms with van der Waals surface area (Å²) in [7, 11) is -3.80. The number of nitrogens with one attached hydrogen (secondary N) is 1. The number of nitro benzene ring substituents is 1. The molecule has 0 aliphatic carbocycles. The Hall–Kier alpha value is -2.69. The van der Waals surface area contributed by atoms with Gasteiger partial charge in [0.2, 0.25) is 10.0 Å². The lowest BCUT2D eigenvalue weighted by Crippen LogP contribution is -2.30. The minimum Gasteiger partial charge on any atom is -0.491 e. The maximum absolute atomic E-state index is 12.7. The molecule has 1 unspecified atom stereocenters. The second kappa shape index (κ2) is 10.1. The minimum atomic E-state index is -3.80. The molecule has 2 aromatic carbocycles. The fourth-order valence-corrected chi connectivity index (χ4v) is 4.90. The Morgan fingerprint density at radius 1 is 1.23 bits per heavy atom. The Morgan fingerprint density at radius 2 is 2.00 bits per heavy atom. The Bertz CT molecular complexity index is 1020. The molecule has 0 amide bonds. The predicted octanol–water partition coefficient (Wildman–Crippen LogP) is 3.93. The van der Waals surface area contributed by atoms with Crippen LogP contribution in [0.3, 0.4) is 0 Å². The van der Waals surface area contributed by atoms with E-state index < -0.39 is 14.9 Å². The SMILES string of the molecule is CCN(CC)S(=O)(=O)c1ccc(Nc2cccc(OCC3CCCO3)c2)c([N+](=O)[O-])c1. The first-order valence-corrected chi connectivity index (χ1v) is 11.7. The summed E-state index contributed by atoms with van der Waals surface area (Å²) >= 11 is 0. The van der Waals surface area contributed by atoms with Crippen molar-refractivity contribution in [2.45, 2.75) is 37.7 Å². The first-order chi connectivity index (χ1) is 14.8. The van der Waals surface area contributed by atoms with E-state index >= 15 is 0 Å². The first kappa shape index (κ1) is 23.0. The number of anilines is 2. The van der Waals surface area contributed by atoms with Gasteiger partial charge in [0.15, 0.2) is 0 Å². The molecule has 1 N–H and O–H groups in total. The van der Waals surface area contributed by atoms with Crippen LogP contribution in [0.15, 0.2) is 47.4 Å². The van der Waals surface area contributed by atoms with Gasteiger partial charge in [0.05, 0.1) is 15.9 Å². The summed E-state index contributed by atoms with van der Waals surface area (Å²) in [5, 5.41) is 14.6. The molecule has 3 rings (SSSR count). The van der Waals surface area contributed by atoms with Crippen molar-refractivity contribution in [1.29, 1.82) is 0 Å². The van der Waals surface area contributed by atoms with E-state index in [9.17, 15) is 18.5 Å². The van der Waals surface area contributed by atoms with Gasteiger partial charge in [-0.25, -0.2) is 8.42 Å². The number of nitro groups is 1. The standard InChI is InChI=1S/C21H27N3O6S/c1-3-23(4-2)31(27,28)19-10-11-20(21(14-19)24(25)26)22-16-7-5-8-17(13-16)30-15-18-9-6-12-29-18/h5,7-8,10-11,13-14,18,22H,3-4,6,9,12,15H2,1-2H3. The second-order valence-electron chi connectivity index (χ2n) is 7.12. The molecule has 31 heavy (non-hydrogen) atoms. The highest BCUT2D eigenvalue weighted by Crippen LogP contribution is 2.32. The predicted molar refractivity (Wildman–Crippen MR) is 117 cm³/mol. The number of hydrogen-bond acceptors (Lipinski definition) is 7. The van der Waals surface area contributed by atoms with Crippen molar-refractivity contribution in [2.24, 2.45) is 0 Å². The second-order valence-corrected chi connectivity index (χ2v) is 9.06. The van der Waals surface area contributed by atoms with Crippen LogP contribution in [0.1, 0.15) is 26.7 Å². The van der Waals surface area contributed by atoms with Crippen LogP contribution in [0.25, 0.3) is 0 Å². The monoisotopic (exact) mass is 449 g/mol. The van der Waals surface area contributed by atoms with Crippen molar-refractivity contribution >= 4 is 27.1 Å². The molecule has 0 spiro atoms. The maximum Gasteiger partial charge on any atom is 0.294 e. The quantitative estimate of drug-likeness (QED) is 0.432. The molecule has 168 valence electrons. The van der Waals surface area contributed by atoms with Crippen molar-refractivity contribution < 1.29 is 22.8 Å². The number of rotatable bonds is 10. The van der Waals surface area contributed by atoms with Gasteiger partial charge < -0.3 is 14.8 Å². The molecule has 1 atom stereocenters. The number of ether oxygens (including phenoxy) is 2. The Morgan fingerprint density at radius 3 is 2.65 bits per heavy atom. The normalized spacial score (nSPS) is 16.4. The van der Waals surface area contributed by atoms with E-state index in [-0.39, 0.29) is 35.5 Å². The molecule has 1 aliphatic rings. The highest BCUT2D eigenvalue weighted by molar-refractivity contribution is 7.89.